The van der Waals surface area contributed by atoms with Gasteiger partial charge < -0.3 is 19.8 Å². The summed E-state index contributed by atoms with van der Waals surface area (Å²) in [6, 6.07) is 8.24. The monoisotopic (exact) mass is 371 g/mol. The number of fused-ring (bicyclic) bond motifs is 1. The van der Waals surface area contributed by atoms with Gasteiger partial charge in [-0.1, -0.05) is 0 Å². The molecule has 0 aliphatic carbocycles. The average molecular weight is 371 g/mol. The summed E-state index contributed by atoms with van der Waals surface area (Å²) in [5.74, 6) is 0.147. The lowest BCUT2D eigenvalue weighted by Gasteiger charge is -2.29. The normalized spacial score (nSPS) is 13.1. The molecule has 1 aromatic heterocycles. The van der Waals surface area contributed by atoms with Crippen molar-refractivity contribution >= 4 is 23.4 Å². The molecule has 2 aromatic rings. The summed E-state index contributed by atoms with van der Waals surface area (Å²) in [4.78, 5) is 38.1. The van der Waals surface area contributed by atoms with E-state index in [1.807, 2.05) is 13.8 Å². The molecule has 0 radical (unpaired) electrons. The van der Waals surface area contributed by atoms with Crippen LogP contribution in [0.4, 0.5) is 5.69 Å². The van der Waals surface area contributed by atoms with Crippen LogP contribution in [0.5, 0.6) is 5.75 Å². The first-order valence-corrected chi connectivity index (χ1v) is 8.61. The van der Waals surface area contributed by atoms with Crippen LogP contribution in [-0.2, 0) is 16.1 Å². The standard InChI is InChI=1S/C19H21N3O5/c1-12(2)21-17(23)10-22-15-8-13(5-6-16(15)27-11-18(22)24)19(25)20-9-14-4-3-7-26-14/h3-8,12H,9-11H2,1-2H3,(H,20,25)(H,21,23). The van der Waals surface area contributed by atoms with Crippen LogP contribution in [0.1, 0.15) is 30.0 Å². The smallest absolute Gasteiger partial charge is 0.265 e. The number of hydrogen-bond acceptors (Lipinski definition) is 5. The number of ether oxygens (including phenoxy) is 1. The fraction of sp³-hybridized carbons (Fsp3) is 0.316. The SMILES string of the molecule is CC(C)NC(=O)CN1C(=O)COc2ccc(C(=O)NCc3ccco3)cc21. The minimum atomic E-state index is -0.338. The molecular weight excluding hydrogens is 350 g/mol. The lowest BCUT2D eigenvalue weighted by atomic mass is 10.1. The van der Waals surface area contributed by atoms with E-state index in [1.165, 1.54) is 11.2 Å². The summed E-state index contributed by atoms with van der Waals surface area (Å²) < 4.78 is 10.6. The second-order valence-electron chi connectivity index (χ2n) is 6.44. The van der Waals surface area contributed by atoms with Crippen molar-refractivity contribution in [2.24, 2.45) is 0 Å². The Kier molecular flexibility index (Phi) is 5.44. The average Bonchev–Trinajstić information content (AvgIpc) is 3.14. The summed E-state index contributed by atoms with van der Waals surface area (Å²) in [6.07, 6.45) is 1.53. The highest BCUT2D eigenvalue weighted by atomic mass is 16.5. The Balaban J connectivity index is 1.77. The van der Waals surface area contributed by atoms with Crippen LogP contribution in [0.25, 0.3) is 0 Å². The third-order valence-electron chi connectivity index (χ3n) is 3.92. The Hall–Kier alpha value is -3.29. The Labute approximate surface area is 156 Å². The highest BCUT2D eigenvalue weighted by Crippen LogP contribution is 2.32. The lowest BCUT2D eigenvalue weighted by molar-refractivity contribution is -0.125. The summed E-state index contributed by atoms with van der Waals surface area (Å²) in [5, 5.41) is 5.50. The van der Waals surface area contributed by atoms with Crippen molar-refractivity contribution in [1.82, 2.24) is 10.6 Å². The van der Waals surface area contributed by atoms with Crippen LogP contribution in [0.3, 0.4) is 0 Å². The number of anilines is 1. The van der Waals surface area contributed by atoms with Crippen molar-refractivity contribution < 1.29 is 23.5 Å². The van der Waals surface area contributed by atoms with Gasteiger partial charge in [0.2, 0.25) is 5.91 Å². The van der Waals surface area contributed by atoms with Gasteiger partial charge in [-0.2, -0.15) is 0 Å². The molecule has 1 aliphatic rings. The summed E-state index contributed by atoms with van der Waals surface area (Å²) in [7, 11) is 0. The maximum absolute atomic E-state index is 12.4. The van der Waals surface area contributed by atoms with Gasteiger partial charge in [-0.15, -0.1) is 0 Å². The summed E-state index contributed by atoms with van der Waals surface area (Å²) in [5.41, 5.74) is 0.753. The molecule has 3 amide bonds. The zero-order valence-electron chi connectivity index (χ0n) is 15.2. The maximum Gasteiger partial charge on any atom is 0.265 e. The fourth-order valence-corrected chi connectivity index (χ4v) is 2.71. The first-order chi connectivity index (χ1) is 12.9. The fourth-order valence-electron chi connectivity index (χ4n) is 2.71. The molecule has 142 valence electrons. The van der Waals surface area contributed by atoms with E-state index in [9.17, 15) is 14.4 Å². The molecule has 2 N–H and O–H groups in total. The largest absolute Gasteiger partial charge is 0.482 e. The summed E-state index contributed by atoms with van der Waals surface area (Å²) >= 11 is 0. The van der Waals surface area contributed by atoms with Gasteiger partial charge in [0.15, 0.2) is 6.61 Å². The van der Waals surface area contributed by atoms with Gasteiger partial charge >= 0.3 is 0 Å². The van der Waals surface area contributed by atoms with Gasteiger partial charge in [-0.25, -0.2) is 0 Å². The molecule has 27 heavy (non-hydrogen) atoms. The molecule has 0 bridgehead atoms. The van der Waals surface area contributed by atoms with E-state index in [0.29, 0.717) is 22.8 Å². The van der Waals surface area contributed by atoms with Crippen LogP contribution in [0.15, 0.2) is 41.0 Å². The third kappa shape index (κ3) is 4.46. The van der Waals surface area contributed by atoms with Gasteiger partial charge in [0.05, 0.1) is 18.5 Å². The van der Waals surface area contributed by atoms with Gasteiger partial charge in [0.1, 0.15) is 18.1 Å². The van der Waals surface area contributed by atoms with Crippen LogP contribution in [0.2, 0.25) is 0 Å². The highest BCUT2D eigenvalue weighted by molar-refractivity contribution is 6.04. The van der Waals surface area contributed by atoms with E-state index >= 15 is 0 Å². The summed E-state index contributed by atoms with van der Waals surface area (Å²) in [6.45, 7) is 3.65. The molecule has 1 aliphatic heterocycles. The minimum Gasteiger partial charge on any atom is -0.482 e. The second kappa shape index (κ2) is 7.94. The van der Waals surface area contributed by atoms with E-state index in [4.69, 9.17) is 9.15 Å². The van der Waals surface area contributed by atoms with Gasteiger partial charge in [-0.3, -0.25) is 19.3 Å². The van der Waals surface area contributed by atoms with Crippen LogP contribution in [0, 0.1) is 0 Å². The Morgan fingerprint density at radius 2 is 2.07 bits per heavy atom. The predicted octanol–water partition coefficient (Wildman–Crippen LogP) is 1.46. The molecule has 0 unspecified atom stereocenters. The quantitative estimate of drug-likeness (QED) is 0.801. The number of nitrogens with zero attached hydrogens (tertiary/aromatic N) is 1. The van der Waals surface area contributed by atoms with E-state index in [1.54, 1.807) is 30.3 Å². The zero-order valence-corrected chi connectivity index (χ0v) is 15.2. The first kappa shape index (κ1) is 18.5. The molecular formula is C19H21N3O5. The topological polar surface area (TPSA) is 101 Å². The van der Waals surface area contributed by atoms with Crippen LogP contribution in [-0.4, -0.2) is 36.9 Å². The molecule has 0 saturated carbocycles. The molecule has 1 aromatic carbocycles. The highest BCUT2D eigenvalue weighted by Gasteiger charge is 2.28. The van der Waals surface area contributed by atoms with Crippen molar-refractivity contribution in [2.45, 2.75) is 26.4 Å². The first-order valence-electron chi connectivity index (χ1n) is 8.61. The molecule has 0 saturated heterocycles. The number of nitrogens with one attached hydrogen (secondary N) is 2. The van der Waals surface area contributed by atoms with Gasteiger partial charge in [-0.05, 0) is 44.2 Å². The van der Waals surface area contributed by atoms with Crippen molar-refractivity contribution in [3.8, 4) is 5.75 Å². The Bertz CT molecular complexity index is 845. The number of hydrogen-bond donors (Lipinski definition) is 2. The third-order valence-corrected chi connectivity index (χ3v) is 3.92. The minimum absolute atomic E-state index is 0.0353. The Morgan fingerprint density at radius 1 is 1.26 bits per heavy atom. The number of carbonyl (C=O) groups excluding carboxylic acids is 3. The van der Waals surface area contributed by atoms with E-state index < -0.39 is 0 Å². The van der Waals surface area contributed by atoms with E-state index in [-0.39, 0.29) is 43.5 Å². The molecule has 2 heterocycles. The molecule has 3 rings (SSSR count). The van der Waals surface area contributed by atoms with Crippen molar-refractivity contribution in [1.29, 1.82) is 0 Å². The number of carbonyl (C=O) groups is 3. The van der Waals surface area contributed by atoms with Crippen molar-refractivity contribution in [3.05, 3.63) is 47.9 Å². The Morgan fingerprint density at radius 3 is 2.78 bits per heavy atom. The van der Waals surface area contributed by atoms with Crippen LogP contribution >= 0.6 is 0 Å². The predicted molar refractivity (Wildman–Crippen MR) is 97.4 cm³/mol. The van der Waals surface area contributed by atoms with E-state index in [2.05, 4.69) is 10.6 Å². The van der Waals surface area contributed by atoms with E-state index in [0.717, 1.165) is 0 Å². The number of benzene rings is 1. The maximum atomic E-state index is 12.4. The van der Waals surface area contributed by atoms with Crippen molar-refractivity contribution in [2.75, 3.05) is 18.1 Å². The zero-order chi connectivity index (χ0) is 19.4. The van der Waals surface area contributed by atoms with Gasteiger partial charge in [0, 0.05) is 11.6 Å². The molecule has 0 atom stereocenters. The van der Waals surface area contributed by atoms with Gasteiger partial charge in [0.25, 0.3) is 11.8 Å². The van der Waals surface area contributed by atoms with Crippen LogP contribution < -0.4 is 20.3 Å². The second-order valence-corrected chi connectivity index (χ2v) is 6.44. The lowest BCUT2D eigenvalue weighted by Crippen LogP contribution is -2.46. The molecule has 0 spiro atoms. The van der Waals surface area contributed by atoms with Crippen molar-refractivity contribution in [3.63, 3.8) is 0 Å². The molecule has 0 fully saturated rings. The molecule has 8 heteroatoms. The number of amides is 3. The number of furan rings is 1. The number of rotatable bonds is 6. The molecule has 8 nitrogen and oxygen atoms in total.